The van der Waals surface area contributed by atoms with Gasteiger partial charge in [-0.2, -0.15) is 0 Å². The highest BCUT2D eigenvalue weighted by molar-refractivity contribution is 6.15. The summed E-state index contributed by atoms with van der Waals surface area (Å²) in [6.07, 6.45) is 0.771. The average molecular weight is 453 g/mol. The fourth-order valence-corrected chi connectivity index (χ4v) is 5.54. The van der Waals surface area contributed by atoms with Crippen LogP contribution in [0.4, 0.5) is 10.1 Å². The first-order chi connectivity index (χ1) is 15.7. The van der Waals surface area contributed by atoms with Crippen LogP contribution in [0.15, 0.2) is 36.4 Å². The quantitative estimate of drug-likeness (QED) is 0.415. The van der Waals surface area contributed by atoms with Gasteiger partial charge in [0.05, 0.1) is 11.8 Å². The lowest BCUT2D eigenvalue weighted by atomic mass is 9.76. The molecule has 9 heteroatoms. The first-order valence-corrected chi connectivity index (χ1v) is 11.0. The molecule has 0 radical (unpaired) electrons. The third-order valence-corrected chi connectivity index (χ3v) is 7.24. The zero-order valence-electron chi connectivity index (χ0n) is 18.1. The van der Waals surface area contributed by atoms with Crippen LogP contribution in [0.1, 0.15) is 31.4 Å². The summed E-state index contributed by atoms with van der Waals surface area (Å²) in [5.41, 5.74) is -0.261. The Balaban J connectivity index is 1.64. The molecule has 33 heavy (non-hydrogen) atoms. The predicted octanol–water partition coefficient (Wildman–Crippen LogP) is 2.00. The topological polar surface area (TPSA) is 119 Å². The van der Waals surface area contributed by atoms with Gasteiger partial charge in [-0.3, -0.25) is 24.6 Å². The molecule has 3 aliphatic heterocycles. The minimum Gasteiger partial charge on any atom is -0.504 e. The van der Waals surface area contributed by atoms with E-state index in [1.54, 1.807) is 13.0 Å². The molecule has 3 heterocycles. The molecule has 4 N–H and O–H groups in total. The minimum atomic E-state index is -1.58. The monoisotopic (exact) mass is 453 g/mol. The molecule has 8 nitrogen and oxygen atoms in total. The van der Waals surface area contributed by atoms with Gasteiger partial charge in [0.2, 0.25) is 17.7 Å². The summed E-state index contributed by atoms with van der Waals surface area (Å²) >= 11 is 0. The van der Waals surface area contributed by atoms with Crippen molar-refractivity contribution < 1.29 is 29.0 Å². The van der Waals surface area contributed by atoms with Gasteiger partial charge >= 0.3 is 0 Å². The third kappa shape index (κ3) is 2.88. The van der Waals surface area contributed by atoms with E-state index in [1.807, 2.05) is 6.92 Å². The van der Waals surface area contributed by atoms with Gasteiger partial charge in [0.25, 0.3) is 0 Å². The summed E-state index contributed by atoms with van der Waals surface area (Å²) in [6.45, 7) is 3.66. The molecule has 2 fully saturated rings. The normalized spacial score (nSPS) is 28.9. The zero-order valence-corrected chi connectivity index (χ0v) is 18.1. The second-order valence-electron chi connectivity index (χ2n) is 9.04. The number of carbonyl (C=O) groups excluding carboxylic acids is 3. The average Bonchev–Trinajstić information content (AvgIpc) is 3.35. The summed E-state index contributed by atoms with van der Waals surface area (Å²) < 4.78 is 14.2. The van der Waals surface area contributed by atoms with Crippen LogP contribution in [0.25, 0.3) is 0 Å². The van der Waals surface area contributed by atoms with Crippen LogP contribution in [0, 0.1) is 17.7 Å². The van der Waals surface area contributed by atoms with E-state index < -0.39 is 41.0 Å². The Hall–Kier alpha value is -3.46. The van der Waals surface area contributed by atoms with Gasteiger partial charge in [-0.15, -0.1) is 0 Å². The van der Waals surface area contributed by atoms with E-state index in [1.165, 1.54) is 35.2 Å². The lowest BCUT2D eigenvalue weighted by Crippen LogP contribution is -2.54. The smallest absolute Gasteiger partial charge is 0.250 e. The lowest BCUT2D eigenvalue weighted by molar-refractivity contribution is -0.145. The number of fused-ring (bicyclic) bond motifs is 4. The summed E-state index contributed by atoms with van der Waals surface area (Å²) in [6, 6.07) is 7.26. The van der Waals surface area contributed by atoms with Crippen molar-refractivity contribution in [2.75, 3.05) is 5.32 Å². The van der Waals surface area contributed by atoms with Gasteiger partial charge in [-0.25, -0.2) is 4.39 Å². The molecular weight excluding hydrogens is 429 g/mol. The van der Waals surface area contributed by atoms with Gasteiger partial charge < -0.3 is 15.5 Å². The number of halogens is 1. The number of rotatable bonds is 4. The van der Waals surface area contributed by atoms with Crippen LogP contribution in [0.3, 0.4) is 0 Å². The molecule has 2 saturated heterocycles. The molecule has 172 valence electrons. The maximum Gasteiger partial charge on any atom is 0.250 e. The Labute approximate surface area is 189 Å². The SMILES string of the molecule is CC[C@H](C)N1C(=O)[C@@H]2[C@H](Cc3ccc(O)c(O)c3)N[C@@]3(C(=O)Nc4ccc(F)cc43)[C@@H]2C1=O. The number of carbonyl (C=O) groups is 3. The molecule has 0 bridgehead atoms. The molecule has 1 spiro atoms. The largest absolute Gasteiger partial charge is 0.504 e. The van der Waals surface area contributed by atoms with Crippen molar-refractivity contribution in [2.24, 2.45) is 11.8 Å². The highest BCUT2D eigenvalue weighted by Gasteiger charge is 2.70. The summed E-state index contributed by atoms with van der Waals surface area (Å²) in [5, 5.41) is 25.5. The molecule has 2 aromatic carbocycles. The third-order valence-electron chi connectivity index (χ3n) is 7.24. The van der Waals surface area contributed by atoms with Crippen molar-refractivity contribution in [3.05, 3.63) is 53.3 Å². The highest BCUT2D eigenvalue weighted by atomic mass is 19.1. The first kappa shape index (κ1) is 21.4. The van der Waals surface area contributed by atoms with Crippen LogP contribution >= 0.6 is 0 Å². The van der Waals surface area contributed by atoms with E-state index in [2.05, 4.69) is 10.6 Å². The summed E-state index contributed by atoms with van der Waals surface area (Å²) in [7, 11) is 0. The molecule has 0 aliphatic carbocycles. The number of nitrogens with one attached hydrogen (secondary N) is 2. The number of nitrogens with zero attached hydrogens (tertiary/aromatic N) is 1. The van der Waals surface area contributed by atoms with Crippen molar-refractivity contribution in [2.45, 2.75) is 44.3 Å². The molecule has 0 aromatic heterocycles. The maximum atomic E-state index is 14.2. The number of likely N-dealkylation sites (tertiary alicyclic amines) is 1. The number of aromatic hydroxyl groups is 2. The van der Waals surface area contributed by atoms with Crippen molar-refractivity contribution in [1.29, 1.82) is 0 Å². The second kappa shape index (κ2) is 7.28. The van der Waals surface area contributed by atoms with Crippen LogP contribution in [0.5, 0.6) is 11.5 Å². The highest BCUT2D eigenvalue weighted by Crippen LogP contribution is 2.53. The second-order valence-corrected chi connectivity index (χ2v) is 9.04. The molecular formula is C24H24FN3O5. The molecule has 2 aromatic rings. The fraction of sp³-hybridized carbons (Fsp3) is 0.375. The van der Waals surface area contributed by atoms with Crippen molar-refractivity contribution >= 4 is 23.4 Å². The Morgan fingerprint density at radius 3 is 2.55 bits per heavy atom. The predicted molar refractivity (Wildman–Crippen MR) is 116 cm³/mol. The fourth-order valence-electron chi connectivity index (χ4n) is 5.54. The molecule has 5 rings (SSSR count). The van der Waals surface area contributed by atoms with E-state index in [0.29, 0.717) is 23.2 Å². The number of hydrogen-bond acceptors (Lipinski definition) is 6. The molecule has 3 aliphatic rings. The maximum absolute atomic E-state index is 14.2. The minimum absolute atomic E-state index is 0.210. The number of anilines is 1. The van der Waals surface area contributed by atoms with Crippen molar-refractivity contribution in [3.8, 4) is 11.5 Å². The molecule has 5 atom stereocenters. The van der Waals surface area contributed by atoms with Gasteiger partial charge in [-0.05, 0) is 55.7 Å². The molecule has 3 amide bonds. The van der Waals surface area contributed by atoms with Gasteiger partial charge in [0, 0.05) is 23.3 Å². The molecule has 0 unspecified atom stereocenters. The number of phenolic OH excluding ortho intramolecular Hbond substituents is 2. The number of phenols is 2. The Morgan fingerprint density at radius 1 is 1.09 bits per heavy atom. The standard InChI is InChI=1S/C24H24FN3O5/c1-3-11(2)28-21(31)19-16(8-12-4-7-17(29)18(30)9-12)27-24(20(19)22(28)32)14-10-13(25)5-6-15(14)26-23(24)33/h4-7,9-11,16,19-20,27,29-30H,3,8H2,1-2H3,(H,26,33)/t11-,16-,19+,20-,24+/m0/s1. The molecule has 0 saturated carbocycles. The van der Waals surface area contributed by atoms with Gasteiger partial charge in [-0.1, -0.05) is 13.0 Å². The Morgan fingerprint density at radius 2 is 1.85 bits per heavy atom. The van der Waals surface area contributed by atoms with E-state index in [0.717, 1.165) is 0 Å². The lowest BCUT2D eigenvalue weighted by Gasteiger charge is -2.31. The number of benzene rings is 2. The summed E-state index contributed by atoms with van der Waals surface area (Å²) in [4.78, 5) is 41.7. The summed E-state index contributed by atoms with van der Waals surface area (Å²) in [5.74, 6) is -4.32. The van der Waals surface area contributed by atoms with Gasteiger partial charge in [0.15, 0.2) is 11.5 Å². The first-order valence-electron chi connectivity index (χ1n) is 11.0. The van der Waals surface area contributed by atoms with E-state index >= 15 is 0 Å². The van der Waals surface area contributed by atoms with E-state index in [9.17, 15) is 29.0 Å². The van der Waals surface area contributed by atoms with E-state index in [-0.39, 0.29) is 29.9 Å². The van der Waals surface area contributed by atoms with E-state index in [4.69, 9.17) is 0 Å². The van der Waals surface area contributed by atoms with Crippen molar-refractivity contribution in [1.82, 2.24) is 10.2 Å². The number of hydrogen-bond donors (Lipinski definition) is 4. The van der Waals surface area contributed by atoms with Crippen LogP contribution in [0.2, 0.25) is 0 Å². The van der Waals surface area contributed by atoms with Crippen molar-refractivity contribution in [3.63, 3.8) is 0 Å². The van der Waals surface area contributed by atoms with Gasteiger partial charge in [0.1, 0.15) is 11.4 Å². The Kier molecular flexibility index (Phi) is 4.72. The van der Waals surface area contributed by atoms with Crippen LogP contribution < -0.4 is 10.6 Å². The number of amides is 3. The number of imide groups is 1. The van der Waals surface area contributed by atoms with Crippen LogP contribution in [-0.4, -0.2) is 44.9 Å². The zero-order chi connectivity index (χ0) is 23.7. The Bertz CT molecular complexity index is 1200. The van der Waals surface area contributed by atoms with Crippen LogP contribution in [-0.2, 0) is 26.3 Å².